The molecule has 5 heteroatoms. The molecule has 1 aliphatic rings. The van der Waals surface area contributed by atoms with Gasteiger partial charge < -0.3 is 15.8 Å². The fraction of sp³-hybridized carbons (Fsp3) is 0.929. The lowest BCUT2D eigenvalue weighted by atomic mass is 9.84. The number of nitrogens with zero attached hydrogens (tertiary/aromatic N) is 1. The third kappa shape index (κ3) is 5.47. The van der Waals surface area contributed by atoms with E-state index in [1.807, 2.05) is 14.0 Å². The molecule has 1 rings (SSSR count). The van der Waals surface area contributed by atoms with Crippen LogP contribution in [0.5, 0.6) is 0 Å². The summed E-state index contributed by atoms with van der Waals surface area (Å²) in [5.41, 5.74) is 5.84. The van der Waals surface area contributed by atoms with Crippen LogP contribution in [0.2, 0.25) is 0 Å². The minimum absolute atomic E-state index is 0.0579. The van der Waals surface area contributed by atoms with E-state index in [1.165, 1.54) is 19.3 Å². The fourth-order valence-corrected chi connectivity index (χ4v) is 3.00. The number of rotatable bonds is 7. The summed E-state index contributed by atoms with van der Waals surface area (Å²) in [5.74, 6) is 0.594. The van der Waals surface area contributed by atoms with Crippen molar-refractivity contribution in [1.29, 1.82) is 0 Å². The molecule has 1 saturated carbocycles. The Morgan fingerprint density at radius 1 is 1.47 bits per heavy atom. The van der Waals surface area contributed by atoms with Crippen molar-refractivity contribution in [2.45, 2.75) is 44.7 Å². The van der Waals surface area contributed by atoms with Gasteiger partial charge in [0.25, 0.3) is 0 Å². The van der Waals surface area contributed by atoms with E-state index < -0.39 is 0 Å². The number of ether oxygens (including phenoxy) is 1. The minimum Gasteiger partial charge on any atom is -0.383 e. The van der Waals surface area contributed by atoms with Crippen LogP contribution in [0.15, 0.2) is 0 Å². The molecule has 112 valence electrons. The number of carbonyl (C=O) groups is 1. The van der Waals surface area contributed by atoms with Crippen LogP contribution in [0, 0.1) is 5.92 Å². The molecule has 1 fully saturated rings. The quantitative estimate of drug-likeness (QED) is 0.711. The van der Waals surface area contributed by atoms with Gasteiger partial charge in [0.2, 0.25) is 5.91 Å². The second kappa shape index (κ2) is 8.51. The molecule has 0 aliphatic heterocycles. The van der Waals surface area contributed by atoms with Gasteiger partial charge in [-0.15, -0.1) is 0 Å². The van der Waals surface area contributed by atoms with E-state index in [1.54, 1.807) is 7.11 Å². The SMILES string of the molecule is COCC(C)NC(=O)CN(C)C1CCCCC1CN. The smallest absolute Gasteiger partial charge is 0.234 e. The highest BCUT2D eigenvalue weighted by Gasteiger charge is 2.28. The summed E-state index contributed by atoms with van der Waals surface area (Å²) < 4.78 is 5.02. The Morgan fingerprint density at radius 3 is 2.79 bits per heavy atom. The van der Waals surface area contributed by atoms with Crippen molar-refractivity contribution in [2.24, 2.45) is 11.7 Å². The molecular formula is C14H29N3O2. The number of hydrogen-bond donors (Lipinski definition) is 2. The molecule has 1 aliphatic carbocycles. The molecule has 19 heavy (non-hydrogen) atoms. The number of nitrogens with two attached hydrogens (primary N) is 1. The van der Waals surface area contributed by atoms with Crippen LogP contribution >= 0.6 is 0 Å². The van der Waals surface area contributed by atoms with E-state index in [0.717, 1.165) is 13.0 Å². The molecule has 3 N–H and O–H groups in total. The first-order valence-corrected chi connectivity index (χ1v) is 7.27. The Morgan fingerprint density at radius 2 is 2.16 bits per heavy atom. The Hall–Kier alpha value is -0.650. The first kappa shape index (κ1) is 16.4. The van der Waals surface area contributed by atoms with Crippen molar-refractivity contribution >= 4 is 5.91 Å². The van der Waals surface area contributed by atoms with E-state index in [-0.39, 0.29) is 11.9 Å². The Labute approximate surface area is 116 Å². The van der Waals surface area contributed by atoms with Gasteiger partial charge in [-0.2, -0.15) is 0 Å². The zero-order valence-corrected chi connectivity index (χ0v) is 12.5. The molecule has 0 aromatic carbocycles. The Balaban J connectivity index is 2.39. The second-order valence-corrected chi connectivity index (χ2v) is 5.69. The lowest BCUT2D eigenvalue weighted by molar-refractivity contribution is -0.123. The summed E-state index contributed by atoms with van der Waals surface area (Å²) >= 11 is 0. The van der Waals surface area contributed by atoms with Crippen LogP contribution in [0.1, 0.15) is 32.6 Å². The normalized spacial score (nSPS) is 25.3. The summed E-state index contributed by atoms with van der Waals surface area (Å²) in [5, 5.41) is 2.95. The van der Waals surface area contributed by atoms with Crippen molar-refractivity contribution in [3.63, 3.8) is 0 Å². The monoisotopic (exact) mass is 271 g/mol. The molecule has 0 bridgehead atoms. The maximum atomic E-state index is 11.9. The predicted octanol–water partition coefficient (Wildman–Crippen LogP) is 0.587. The van der Waals surface area contributed by atoms with E-state index in [2.05, 4.69) is 10.2 Å². The third-order valence-corrected chi connectivity index (χ3v) is 3.95. The number of carbonyl (C=O) groups excluding carboxylic acids is 1. The second-order valence-electron chi connectivity index (χ2n) is 5.69. The van der Waals surface area contributed by atoms with Gasteiger partial charge in [0.1, 0.15) is 0 Å². The summed E-state index contributed by atoms with van der Waals surface area (Å²) in [6, 6.07) is 0.504. The lowest BCUT2D eigenvalue weighted by Gasteiger charge is -2.37. The van der Waals surface area contributed by atoms with Crippen molar-refractivity contribution in [3.8, 4) is 0 Å². The highest BCUT2D eigenvalue weighted by atomic mass is 16.5. The van der Waals surface area contributed by atoms with Gasteiger partial charge in [-0.3, -0.25) is 9.69 Å². The topological polar surface area (TPSA) is 67.6 Å². The molecule has 3 unspecified atom stereocenters. The zero-order chi connectivity index (χ0) is 14.3. The van der Waals surface area contributed by atoms with E-state index in [0.29, 0.717) is 25.1 Å². The number of amides is 1. The average molecular weight is 271 g/mol. The van der Waals surface area contributed by atoms with Gasteiger partial charge in [-0.05, 0) is 39.3 Å². The Kier molecular flexibility index (Phi) is 7.34. The number of methoxy groups -OCH3 is 1. The van der Waals surface area contributed by atoms with Crippen molar-refractivity contribution < 1.29 is 9.53 Å². The molecule has 0 saturated heterocycles. The predicted molar refractivity (Wildman–Crippen MR) is 76.9 cm³/mol. The van der Waals surface area contributed by atoms with Crippen LogP contribution < -0.4 is 11.1 Å². The van der Waals surface area contributed by atoms with Gasteiger partial charge in [-0.25, -0.2) is 0 Å². The van der Waals surface area contributed by atoms with Crippen molar-refractivity contribution in [3.05, 3.63) is 0 Å². The van der Waals surface area contributed by atoms with Crippen LogP contribution in [-0.2, 0) is 9.53 Å². The van der Waals surface area contributed by atoms with Crippen LogP contribution in [-0.4, -0.2) is 56.7 Å². The van der Waals surface area contributed by atoms with Crippen LogP contribution in [0.25, 0.3) is 0 Å². The summed E-state index contributed by atoms with van der Waals surface area (Å²) in [7, 11) is 3.67. The van der Waals surface area contributed by atoms with Crippen LogP contribution in [0.3, 0.4) is 0 Å². The van der Waals surface area contributed by atoms with E-state index in [4.69, 9.17) is 10.5 Å². The fourth-order valence-electron chi connectivity index (χ4n) is 3.00. The van der Waals surface area contributed by atoms with Gasteiger partial charge in [-0.1, -0.05) is 12.8 Å². The molecule has 0 heterocycles. The molecule has 3 atom stereocenters. The largest absolute Gasteiger partial charge is 0.383 e. The molecule has 5 nitrogen and oxygen atoms in total. The maximum absolute atomic E-state index is 11.9. The maximum Gasteiger partial charge on any atom is 0.234 e. The lowest BCUT2D eigenvalue weighted by Crippen LogP contribution is -2.48. The van der Waals surface area contributed by atoms with Gasteiger partial charge in [0.15, 0.2) is 0 Å². The van der Waals surface area contributed by atoms with Crippen LogP contribution in [0.4, 0.5) is 0 Å². The van der Waals surface area contributed by atoms with Crippen molar-refractivity contribution in [2.75, 3.05) is 33.9 Å². The first-order valence-electron chi connectivity index (χ1n) is 7.27. The number of likely N-dealkylation sites (N-methyl/N-ethyl adjacent to an activating group) is 1. The molecular weight excluding hydrogens is 242 g/mol. The van der Waals surface area contributed by atoms with Gasteiger partial charge >= 0.3 is 0 Å². The molecule has 0 aromatic heterocycles. The highest BCUT2D eigenvalue weighted by Crippen LogP contribution is 2.26. The van der Waals surface area contributed by atoms with E-state index in [9.17, 15) is 4.79 Å². The highest BCUT2D eigenvalue weighted by molar-refractivity contribution is 5.78. The average Bonchev–Trinajstić information content (AvgIpc) is 2.38. The van der Waals surface area contributed by atoms with E-state index >= 15 is 0 Å². The first-order chi connectivity index (χ1) is 9.08. The molecule has 0 radical (unpaired) electrons. The standard InChI is InChI=1S/C14H29N3O2/c1-11(10-19-3)16-14(18)9-17(2)13-7-5-4-6-12(13)8-15/h11-13H,4-10,15H2,1-3H3,(H,16,18). The molecule has 1 amide bonds. The number of nitrogens with one attached hydrogen (secondary N) is 1. The molecule has 0 spiro atoms. The molecule has 0 aromatic rings. The minimum atomic E-state index is 0.0579. The summed E-state index contributed by atoms with van der Waals surface area (Å²) in [4.78, 5) is 14.1. The number of hydrogen-bond acceptors (Lipinski definition) is 4. The van der Waals surface area contributed by atoms with Crippen molar-refractivity contribution in [1.82, 2.24) is 10.2 Å². The Bertz CT molecular complexity index is 273. The van der Waals surface area contributed by atoms with Gasteiger partial charge in [0.05, 0.1) is 13.2 Å². The zero-order valence-electron chi connectivity index (χ0n) is 12.5. The summed E-state index contributed by atoms with van der Waals surface area (Å²) in [6.07, 6.45) is 4.85. The third-order valence-electron chi connectivity index (χ3n) is 3.95. The van der Waals surface area contributed by atoms with Gasteiger partial charge in [0, 0.05) is 19.2 Å². The summed E-state index contributed by atoms with van der Waals surface area (Å²) in [6.45, 7) is 3.65.